The molecular weight excluding hydrogens is 358 g/mol. The van der Waals surface area contributed by atoms with Crippen LogP contribution in [0.15, 0.2) is 71.9 Å². The lowest BCUT2D eigenvalue weighted by Gasteiger charge is -2.21. The van der Waals surface area contributed by atoms with Crippen molar-refractivity contribution in [2.75, 3.05) is 12.9 Å². The first-order valence-electron chi connectivity index (χ1n) is 8.76. The van der Waals surface area contributed by atoms with E-state index in [1.54, 1.807) is 25.1 Å². The number of imidazole rings is 1. The van der Waals surface area contributed by atoms with Crippen molar-refractivity contribution in [1.29, 1.82) is 0 Å². The van der Waals surface area contributed by atoms with Gasteiger partial charge in [0.1, 0.15) is 17.6 Å². The molecule has 27 heavy (non-hydrogen) atoms. The van der Waals surface area contributed by atoms with E-state index in [-0.39, 0.29) is 11.9 Å². The van der Waals surface area contributed by atoms with Gasteiger partial charge < -0.3 is 14.6 Å². The quantitative estimate of drug-likeness (QED) is 0.603. The van der Waals surface area contributed by atoms with Crippen LogP contribution < -0.4 is 10.1 Å². The third-order valence-corrected chi connectivity index (χ3v) is 5.23. The van der Waals surface area contributed by atoms with Gasteiger partial charge in [-0.1, -0.05) is 36.4 Å². The third-order valence-electron chi connectivity index (χ3n) is 4.21. The minimum atomic E-state index is -0.365. The van der Waals surface area contributed by atoms with Gasteiger partial charge in [-0.15, -0.1) is 11.8 Å². The maximum Gasteiger partial charge on any atom is 0.221 e. The van der Waals surface area contributed by atoms with Gasteiger partial charge in [-0.25, -0.2) is 4.98 Å². The highest BCUT2D eigenvalue weighted by molar-refractivity contribution is 7.99. The van der Waals surface area contributed by atoms with Crippen molar-refractivity contribution >= 4 is 17.7 Å². The number of rotatable bonds is 8. The number of aromatic nitrogens is 2. The zero-order valence-electron chi connectivity index (χ0n) is 15.5. The summed E-state index contributed by atoms with van der Waals surface area (Å²) < 4.78 is 7.41. The average molecular weight is 382 g/mol. The highest BCUT2D eigenvalue weighted by atomic mass is 32.2. The Labute approximate surface area is 163 Å². The molecule has 6 heteroatoms. The van der Waals surface area contributed by atoms with Crippen molar-refractivity contribution in [3.8, 4) is 5.75 Å². The van der Waals surface area contributed by atoms with Crippen LogP contribution >= 0.6 is 11.8 Å². The van der Waals surface area contributed by atoms with Crippen LogP contribution in [0.5, 0.6) is 5.75 Å². The van der Waals surface area contributed by atoms with Gasteiger partial charge in [0.25, 0.3) is 0 Å². The zero-order chi connectivity index (χ0) is 19.1. The minimum absolute atomic E-state index is 0.0164. The predicted octanol–water partition coefficient (Wildman–Crippen LogP) is 3.82. The molecule has 3 rings (SSSR count). The number of para-hydroxylation sites is 1. The van der Waals surface area contributed by atoms with Crippen molar-refractivity contribution in [2.24, 2.45) is 7.05 Å². The van der Waals surface area contributed by atoms with Crippen LogP contribution in [0, 0.1) is 0 Å². The minimum Gasteiger partial charge on any atom is -0.496 e. The van der Waals surface area contributed by atoms with Gasteiger partial charge in [0.05, 0.1) is 7.11 Å². The molecule has 1 atom stereocenters. The maximum atomic E-state index is 12.6. The number of hydrogen-bond donors (Lipinski definition) is 1. The number of carbonyl (C=O) groups is 1. The van der Waals surface area contributed by atoms with E-state index in [0.717, 1.165) is 27.8 Å². The summed E-state index contributed by atoms with van der Waals surface area (Å²) in [7, 11) is 3.55. The normalized spacial score (nSPS) is 11.8. The first kappa shape index (κ1) is 19.0. The van der Waals surface area contributed by atoms with E-state index in [1.165, 1.54) is 0 Å². The molecular formula is C21H23N3O2S. The molecule has 0 bridgehead atoms. The molecule has 1 unspecified atom stereocenters. The van der Waals surface area contributed by atoms with E-state index in [9.17, 15) is 4.79 Å². The SMILES string of the molecule is COc1ccccc1C(NC(=O)CCSc1ccccc1)c1nccn1C. The molecule has 0 saturated carbocycles. The Balaban J connectivity index is 1.72. The molecule has 2 aromatic carbocycles. The summed E-state index contributed by atoms with van der Waals surface area (Å²) in [5.74, 6) is 2.19. The highest BCUT2D eigenvalue weighted by Gasteiger charge is 2.23. The van der Waals surface area contributed by atoms with Crippen LogP contribution in [-0.4, -0.2) is 28.3 Å². The Morgan fingerprint density at radius 1 is 1.19 bits per heavy atom. The van der Waals surface area contributed by atoms with Crippen LogP contribution in [0.3, 0.4) is 0 Å². The predicted molar refractivity (Wildman–Crippen MR) is 108 cm³/mol. The fourth-order valence-corrected chi connectivity index (χ4v) is 3.73. The molecule has 5 nitrogen and oxygen atoms in total. The van der Waals surface area contributed by atoms with Crippen LogP contribution in [0.25, 0.3) is 0 Å². The van der Waals surface area contributed by atoms with E-state index in [4.69, 9.17) is 4.74 Å². The number of methoxy groups -OCH3 is 1. The Morgan fingerprint density at radius 3 is 2.63 bits per heavy atom. The lowest BCUT2D eigenvalue weighted by atomic mass is 10.0. The maximum absolute atomic E-state index is 12.6. The van der Waals surface area contributed by atoms with Crippen LogP contribution in [0.1, 0.15) is 23.9 Å². The largest absolute Gasteiger partial charge is 0.496 e. The van der Waals surface area contributed by atoms with Crippen LogP contribution in [-0.2, 0) is 11.8 Å². The summed E-state index contributed by atoms with van der Waals surface area (Å²) in [4.78, 5) is 18.2. The summed E-state index contributed by atoms with van der Waals surface area (Å²) in [6.07, 6.45) is 4.03. The van der Waals surface area contributed by atoms with Crippen LogP contribution in [0.4, 0.5) is 0 Å². The van der Waals surface area contributed by atoms with Crippen molar-refractivity contribution in [1.82, 2.24) is 14.9 Å². The molecule has 1 heterocycles. The molecule has 0 spiro atoms. The topological polar surface area (TPSA) is 56.1 Å². The number of ether oxygens (including phenoxy) is 1. The third kappa shape index (κ3) is 4.92. The fraction of sp³-hybridized carbons (Fsp3) is 0.238. The summed E-state index contributed by atoms with van der Waals surface area (Å²) in [5.41, 5.74) is 0.887. The smallest absolute Gasteiger partial charge is 0.221 e. The van der Waals surface area contributed by atoms with Gasteiger partial charge in [-0.2, -0.15) is 0 Å². The van der Waals surface area contributed by atoms with Gasteiger partial charge in [0.2, 0.25) is 5.91 Å². The fourth-order valence-electron chi connectivity index (χ4n) is 2.85. The molecule has 0 saturated heterocycles. The van der Waals surface area contributed by atoms with Crippen molar-refractivity contribution in [2.45, 2.75) is 17.4 Å². The van der Waals surface area contributed by atoms with Crippen LogP contribution in [0.2, 0.25) is 0 Å². The van der Waals surface area contributed by atoms with Gasteiger partial charge >= 0.3 is 0 Å². The number of aryl methyl sites for hydroxylation is 1. The summed E-state index contributed by atoms with van der Waals surface area (Å²) in [5, 5.41) is 3.12. The molecule has 0 aliphatic carbocycles. The standard InChI is InChI=1S/C21H23N3O2S/c1-24-14-13-22-21(24)20(17-10-6-7-11-18(17)26-2)23-19(25)12-15-27-16-8-4-3-5-9-16/h3-11,13-14,20H,12,15H2,1-2H3,(H,23,25). The number of nitrogens with zero attached hydrogens (tertiary/aromatic N) is 2. The van der Waals surface area contributed by atoms with E-state index in [2.05, 4.69) is 10.3 Å². The van der Waals surface area contributed by atoms with Crippen molar-refractivity contribution < 1.29 is 9.53 Å². The number of thioether (sulfide) groups is 1. The van der Waals surface area contributed by atoms with Gasteiger partial charge in [-0.3, -0.25) is 4.79 Å². The Hall–Kier alpha value is -2.73. The molecule has 3 aromatic rings. The van der Waals surface area contributed by atoms with E-state index in [0.29, 0.717) is 6.42 Å². The number of amides is 1. The molecule has 0 aliphatic heterocycles. The summed E-state index contributed by atoms with van der Waals surface area (Å²) in [6.45, 7) is 0. The zero-order valence-corrected chi connectivity index (χ0v) is 16.3. The molecule has 1 amide bonds. The number of nitrogens with one attached hydrogen (secondary N) is 1. The number of hydrogen-bond acceptors (Lipinski definition) is 4. The second-order valence-corrected chi connectivity index (χ2v) is 7.22. The number of carbonyl (C=O) groups excluding carboxylic acids is 1. The molecule has 140 valence electrons. The first-order valence-corrected chi connectivity index (χ1v) is 9.75. The monoisotopic (exact) mass is 381 g/mol. The lowest BCUT2D eigenvalue weighted by molar-refractivity contribution is -0.121. The average Bonchev–Trinajstić information content (AvgIpc) is 3.12. The van der Waals surface area contributed by atoms with Gasteiger partial charge in [-0.05, 0) is 18.2 Å². The lowest BCUT2D eigenvalue weighted by Crippen LogP contribution is -2.31. The van der Waals surface area contributed by atoms with Crippen molar-refractivity contribution in [3.05, 3.63) is 78.4 Å². The Bertz CT molecular complexity index is 880. The van der Waals surface area contributed by atoms with Crippen molar-refractivity contribution in [3.63, 3.8) is 0 Å². The Kier molecular flexibility index (Phi) is 6.54. The van der Waals surface area contributed by atoms with E-state index < -0.39 is 0 Å². The Morgan fingerprint density at radius 2 is 1.93 bits per heavy atom. The number of benzene rings is 2. The second-order valence-electron chi connectivity index (χ2n) is 6.05. The molecule has 1 N–H and O–H groups in total. The van der Waals surface area contributed by atoms with E-state index in [1.807, 2.05) is 72.4 Å². The van der Waals surface area contributed by atoms with Gasteiger partial charge in [0, 0.05) is 42.1 Å². The molecule has 0 fully saturated rings. The summed E-state index contributed by atoms with van der Waals surface area (Å²) in [6, 6.07) is 17.4. The first-order chi connectivity index (χ1) is 13.2. The molecule has 0 aliphatic rings. The second kappa shape index (κ2) is 9.28. The van der Waals surface area contributed by atoms with Gasteiger partial charge in [0.15, 0.2) is 0 Å². The highest BCUT2D eigenvalue weighted by Crippen LogP contribution is 2.29. The molecule has 0 radical (unpaired) electrons. The molecule has 1 aromatic heterocycles. The summed E-state index contributed by atoms with van der Waals surface area (Å²) >= 11 is 1.67. The van der Waals surface area contributed by atoms with E-state index >= 15 is 0 Å².